The third kappa shape index (κ3) is 7.60. The first-order valence-corrected chi connectivity index (χ1v) is 15.1. The Morgan fingerprint density at radius 1 is 0.750 bits per heavy atom. The molecule has 0 aliphatic carbocycles. The predicted molar refractivity (Wildman–Crippen MR) is 161 cm³/mol. The van der Waals surface area contributed by atoms with Crippen molar-refractivity contribution in [3.8, 4) is 5.75 Å². The van der Waals surface area contributed by atoms with Crippen LogP contribution in [0.3, 0.4) is 0 Å². The fraction of sp³-hybridized carbons (Fsp3) is 0.265. The van der Waals surface area contributed by atoms with E-state index < -0.39 is 10.1 Å². The van der Waals surface area contributed by atoms with Crippen LogP contribution in [0.25, 0.3) is 0 Å². The van der Waals surface area contributed by atoms with Gasteiger partial charge in [0, 0.05) is 0 Å². The van der Waals surface area contributed by atoms with Gasteiger partial charge in [-0.25, -0.2) is 0 Å². The second-order valence-corrected chi connectivity index (χ2v) is 11.8. The molecule has 208 valence electrons. The van der Waals surface area contributed by atoms with Crippen LogP contribution in [0.1, 0.15) is 80.0 Å². The lowest BCUT2D eigenvalue weighted by Crippen LogP contribution is -2.10. The summed E-state index contributed by atoms with van der Waals surface area (Å²) in [6.07, 6.45) is 2.90. The lowest BCUT2D eigenvalue weighted by molar-refractivity contribution is 0.338. The van der Waals surface area contributed by atoms with Crippen LogP contribution in [-0.4, -0.2) is 19.2 Å². The van der Waals surface area contributed by atoms with E-state index in [1.165, 1.54) is 11.1 Å². The Hall–Kier alpha value is -3.90. The molecule has 40 heavy (non-hydrogen) atoms. The van der Waals surface area contributed by atoms with Crippen molar-refractivity contribution in [1.29, 1.82) is 0 Å². The van der Waals surface area contributed by atoms with Gasteiger partial charge in [-0.2, -0.15) is 8.42 Å². The van der Waals surface area contributed by atoms with E-state index in [4.69, 9.17) is 4.28 Å². The molecule has 0 bridgehead atoms. The average Bonchev–Trinajstić information content (AvgIpc) is 2.99. The van der Waals surface area contributed by atoms with E-state index in [0.29, 0.717) is 11.6 Å². The van der Waals surface area contributed by atoms with E-state index in [2.05, 4.69) is 43.3 Å². The molecule has 0 saturated heterocycles. The topological polar surface area (TPSA) is 76.0 Å². The minimum atomic E-state index is -4.04. The predicted octanol–water partition coefficient (Wildman–Crippen LogP) is 8.38. The van der Waals surface area contributed by atoms with Gasteiger partial charge in [0.05, 0.1) is 5.71 Å². The summed E-state index contributed by atoms with van der Waals surface area (Å²) in [7, 11) is -4.04. The Bertz CT molecular complexity index is 1480. The maximum atomic E-state index is 12.8. The van der Waals surface area contributed by atoms with Gasteiger partial charge in [-0.05, 0) is 90.5 Å². The van der Waals surface area contributed by atoms with E-state index in [9.17, 15) is 13.5 Å². The fourth-order valence-electron chi connectivity index (χ4n) is 5.13. The molecule has 3 unspecified atom stereocenters. The largest absolute Gasteiger partial charge is 0.508 e. The van der Waals surface area contributed by atoms with Gasteiger partial charge >= 0.3 is 10.1 Å². The third-order valence-electron chi connectivity index (χ3n) is 7.54. The van der Waals surface area contributed by atoms with Gasteiger partial charge in [-0.1, -0.05) is 104 Å². The van der Waals surface area contributed by atoms with Gasteiger partial charge in [-0.15, -0.1) is 0 Å². The van der Waals surface area contributed by atoms with Crippen LogP contribution >= 0.6 is 0 Å². The molecule has 0 aromatic heterocycles. The molecule has 0 aliphatic heterocycles. The minimum absolute atomic E-state index is 0.0678. The van der Waals surface area contributed by atoms with Crippen molar-refractivity contribution in [1.82, 2.24) is 0 Å². The molecule has 5 nitrogen and oxygen atoms in total. The molecule has 1 N–H and O–H groups in total. The van der Waals surface area contributed by atoms with E-state index in [1.807, 2.05) is 60.7 Å². The number of oxime groups is 1. The number of phenols is 1. The molecule has 4 aromatic rings. The number of hydrogen-bond acceptors (Lipinski definition) is 5. The third-order valence-corrected chi connectivity index (χ3v) is 8.66. The number of benzene rings is 4. The molecule has 3 atom stereocenters. The standard InChI is InChI=1S/C34H37NO4S/c1-4-27(30-13-9-6-10-14-30)24-32(31-15-19-33(36)20-16-31)23-25(2)28-17-21-34(22-18-28)40(37,38)39-35-26(3)29-11-7-5-8-12-29/h5-22,25,27,32,36H,4,23-24H2,1-3H3/b35-26+. The van der Waals surface area contributed by atoms with E-state index >= 15 is 0 Å². The highest BCUT2D eigenvalue weighted by Crippen LogP contribution is 2.39. The van der Waals surface area contributed by atoms with E-state index in [1.54, 1.807) is 31.2 Å². The number of hydrogen-bond donors (Lipinski definition) is 1. The summed E-state index contributed by atoms with van der Waals surface area (Å²) in [6.45, 7) is 6.10. The second kappa shape index (κ2) is 13.4. The Kier molecular flexibility index (Phi) is 9.78. The molecule has 0 heterocycles. The summed E-state index contributed by atoms with van der Waals surface area (Å²) in [6, 6.07) is 34.3. The summed E-state index contributed by atoms with van der Waals surface area (Å²) in [5, 5.41) is 13.7. The summed E-state index contributed by atoms with van der Waals surface area (Å²) >= 11 is 0. The first-order valence-electron chi connectivity index (χ1n) is 13.7. The lowest BCUT2D eigenvalue weighted by Gasteiger charge is -2.26. The van der Waals surface area contributed by atoms with Gasteiger partial charge in [0.15, 0.2) is 0 Å². The van der Waals surface area contributed by atoms with Crippen molar-refractivity contribution in [3.63, 3.8) is 0 Å². The molecular weight excluding hydrogens is 518 g/mol. The zero-order valence-electron chi connectivity index (χ0n) is 23.3. The molecular formula is C34H37NO4S. The van der Waals surface area contributed by atoms with Gasteiger partial charge in [0.1, 0.15) is 10.6 Å². The molecule has 0 radical (unpaired) electrons. The quantitative estimate of drug-likeness (QED) is 0.141. The number of nitrogens with zero attached hydrogens (tertiary/aromatic N) is 1. The van der Waals surface area contributed by atoms with Crippen LogP contribution in [0.4, 0.5) is 0 Å². The number of phenolic OH excluding ortho intramolecular Hbond substituents is 1. The van der Waals surface area contributed by atoms with E-state index in [0.717, 1.165) is 30.4 Å². The Balaban J connectivity index is 1.49. The molecule has 0 fully saturated rings. The van der Waals surface area contributed by atoms with Crippen LogP contribution < -0.4 is 0 Å². The Labute approximate surface area is 238 Å². The van der Waals surface area contributed by atoms with Gasteiger partial charge < -0.3 is 5.11 Å². The number of rotatable bonds is 12. The smallest absolute Gasteiger partial charge is 0.358 e. The summed E-state index contributed by atoms with van der Waals surface area (Å²) in [4.78, 5) is 0.0678. The summed E-state index contributed by atoms with van der Waals surface area (Å²) in [5.74, 6) is 1.12. The normalized spacial score (nSPS) is 14.3. The highest BCUT2D eigenvalue weighted by molar-refractivity contribution is 7.86. The molecule has 4 aromatic carbocycles. The summed E-state index contributed by atoms with van der Waals surface area (Å²) in [5.41, 5.74) is 4.86. The maximum Gasteiger partial charge on any atom is 0.358 e. The van der Waals surface area contributed by atoms with Crippen LogP contribution in [0.2, 0.25) is 0 Å². The van der Waals surface area contributed by atoms with Crippen molar-refractivity contribution in [2.24, 2.45) is 5.16 Å². The van der Waals surface area contributed by atoms with Crippen LogP contribution in [-0.2, 0) is 14.4 Å². The zero-order chi connectivity index (χ0) is 28.5. The molecule has 0 amide bonds. The van der Waals surface area contributed by atoms with Crippen molar-refractivity contribution in [3.05, 3.63) is 131 Å². The van der Waals surface area contributed by atoms with Crippen LogP contribution in [0, 0.1) is 0 Å². The molecule has 4 rings (SSSR count). The average molecular weight is 556 g/mol. The molecule has 0 spiro atoms. The monoisotopic (exact) mass is 555 g/mol. The van der Waals surface area contributed by atoms with Crippen molar-refractivity contribution >= 4 is 15.8 Å². The molecule has 0 aliphatic rings. The van der Waals surface area contributed by atoms with Gasteiger partial charge in [0.25, 0.3) is 0 Å². The Morgan fingerprint density at radius 2 is 1.30 bits per heavy atom. The van der Waals surface area contributed by atoms with E-state index in [-0.39, 0.29) is 22.5 Å². The van der Waals surface area contributed by atoms with Crippen LogP contribution in [0.15, 0.2) is 119 Å². The zero-order valence-corrected chi connectivity index (χ0v) is 24.1. The SMILES string of the molecule is CCC(CC(CC(C)c1ccc(S(=O)(=O)O/N=C(\C)c2ccccc2)cc1)c1ccc(O)cc1)c1ccccc1. The Morgan fingerprint density at radius 3 is 1.90 bits per heavy atom. The fourth-order valence-corrected chi connectivity index (χ4v) is 5.89. The van der Waals surface area contributed by atoms with Gasteiger partial charge in [-0.3, -0.25) is 4.28 Å². The maximum absolute atomic E-state index is 12.8. The molecule has 6 heteroatoms. The lowest BCUT2D eigenvalue weighted by atomic mass is 9.78. The number of aromatic hydroxyl groups is 1. The highest BCUT2D eigenvalue weighted by Gasteiger charge is 2.23. The van der Waals surface area contributed by atoms with Gasteiger partial charge in [0.2, 0.25) is 0 Å². The van der Waals surface area contributed by atoms with Crippen LogP contribution in [0.5, 0.6) is 5.75 Å². The van der Waals surface area contributed by atoms with Crippen molar-refractivity contribution < 1.29 is 17.8 Å². The van der Waals surface area contributed by atoms with Crippen molar-refractivity contribution in [2.75, 3.05) is 0 Å². The second-order valence-electron chi connectivity index (χ2n) is 10.3. The first-order chi connectivity index (χ1) is 19.3. The summed E-state index contributed by atoms with van der Waals surface area (Å²) < 4.78 is 30.6. The highest BCUT2D eigenvalue weighted by atomic mass is 32.2. The first kappa shape index (κ1) is 29.1. The van der Waals surface area contributed by atoms with Crippen molar-refractivity contribution in [2.45, 2.75) is 62.7 Å². The molecule has 0 saturated carbocycles. The minimum Gasteiger partial charge on any atom is -0.508 e.